The Morgan fingerprint density at radius 3 is 2.72 bits per heavy atom. The lowest BCUT2D eigenvalue weighted by molar-refractivity contribution is -0.121. The van der Waals surface area contributed by atoms with Gasteiger partial charge in [0.1, 0.15) is 0 Å². The van der Waals surface area contributed by atoms with E-state index in [1.54, 1.807) is 11.8 Å². The van der Waals surface area contributed by atoms with E-state index in [0.29, 0.717) is 25.4 Å². The van der Waals surface area contributed by atoms with Crippen LogP contribution in [-0.2, 0) is 4.79 Å². The van der Waals surface area contributed by atoms with Gasteiger partial charge in [-0.05, 0) is 24.6 Å². The lowest BCUT2D eigenvalue weighted by Gasteiger charge is -2.11. The molecule has 18 heavy (non-hydrogen) atoms. The Balaban J connectivity index is 2.12. The van der Waals surface area contributed by atoms with Crippen LogP contribution in [0.5, 0.6) is 0 Å². The fraction of sp³-hybridized carbons (Fsp3) is 0.500. The highest BCUT2D eigenvalue weighted by molar-refractivity contribution is 7.99. The lowest BCUT2D eigenvalue weighted by atomic mass is 10.0. The van der Waals surface area contributed by atoms with Crippen LogP contribution < -0.4 is 11.1 Å². The molecule has 0 fully saturated rings. The zero-order valence-corrected chi connectivity index (χ0v) is 11.7. The summed E-state index contributed by atoms with van der Waals surface area (Å²) in [6.45, 7) is 3.36. The molecule has 1 rings (SSSR count). The second-order valence-electron chi connectivity index (χ2n) is 4.23. The molecule has 1 unspecified atom stereocenters. The molecule has 1 aromatic carbocycles. The molecule has 3 nitrogen and oxygen atoms in total. The molecule has 0 aliphatic carbocycles. The molecule has 1 aromatic rings. The van der Waals surface area contributed by atoms with Gasteiger partial charge in [0.2, 0.25) is 5.91 Å². The van der Waals surface area contributed by atoms with Crippen LogP contribution in [0.3, 0.4) is 0 Å². The third kappa shape index (κ3) is 6.07. The third-order valence-electron chi connectivity index (χ3n) is 2.82. The molecule has 4 heteroatoms. The molecule has 0 spiro atoms. The van der Waals surface area contributed by atoms with Crippen LogP contribution in [0.25, 0.3) is 0 Å². The number of carbonyl (C=O) groups excluding carboxylic acids is 1. The van der Waals surface area contributed by atoms with Crippen LogP contribution in [0.2, 0.25) is 0 Å². The molecule has 0 bridgehead atoms. The minimum absolute atomic E-state index is 0.112. The number of benzene rings is 1. The van der Waals surface area contributed by atoms with Gasteiger partial charge in [0.15, 0.2) is 0 Å². The first-order valence-electron chi connectivity index (χ1n) is 6.40. The topological polar surface area (TPSA) is 55.1 Å². The zero-order valence-electron chi connectivity index (χ0n) is 10.9. The van der Waals surface area contributed by atoms with Gasteiger partial charge in [0, 0.05) is 23.6 Å². The summed E-state index contributed by atoms with van der Waals surface area (Å²) in [5.41, 5.74) is 5.58. The molecule has 1 amide bonds. The largest absolute Gasteiger partial charge is 0.355 e. The number of nitrogens with one attached hydrogen (secondary N) is 1. The molecule has 0 saturated carbocycles. The first-order valence-corrected chi connectivity index (χ1v) is 7.39. The van der Waals surface area contributed by atoms with E-state index in [2.05, 4.69) is 24.4 Å². The first-order chi connectivity index (χ1) is 8.76. The van der Waals surface area contributed by atoms with Gasteiger partial charge < -0.3 is 11.1 Å². The monoisotopic (exact) mass is 266 g/mol. The molecule has 3 N–H and O–H groups in total. The summed E-state index contributed by atoms with van der Waals surface area (Å²) in [7, 11) is 0. The number of nitrogens with two attached hydrogens (primary N) is 1. The van der Waals surface area contributed by atoms with Gasteiger partial charge in [-0.1, -0.05) is 31.5 Å². The van der Waals surface area contributed by atoms with Crippen LogP contribution in [0.1, 0.15) is 19.8 Å². The van der Waals surface area contributed by atoms with E-state index in [-0.39, 0.29) is 5.91 Å². The summed E-state index contributed by atoms with van der Waals surface area (Å²) in [5, 5.41) is 2.94. The van der Waals surface area contributed by atoms with Crippen molar-refractivity contribution in [3.8, 4) is 0 Å². The van der Waals surface area contributed by atoms with E-state index in [0.717, 1.165) is 12.2 Å². The zero-order chi connectivity index (χ0) is 13.2. The average molecular weight is 266 g/mol. The molecule has 0 heterocycles. The fourth-order valence-corrected chi connectivity index (χ4v) is 2.39. The summed E-state index contributed by atoms with van der Waals surface area (Å²) in [6.07, 6.45) is 1.51. The maximum absolute atomic E-state index is 11.6. The van der Waals surface area contributed by atoms with E-state index < -0.39 is 0 Å². The van der Waals surface area contributed by atoms with E-state index in [9.17, 15) is 4.79 Å². The van der Waals surface area contributed by atoms with E-state index in [1.807, 2.05) is 18.2 Å². The van der Waals surface area contributed by atoms with Crippen molar-refractivity contribution in [3.05, 3.63) is 30.3 Å². The summed E-state index contributed by atoms with van der Waals surface area (Å²) in [6, 6.07) is 10.2. The molecular weight excluding hydrogens is 244 g/mol. The number of rotatable bonds is 8. The number of amides is 1. The summed E-state index contributed by atoms with van der Waals surface area (Å²) >= 11 is 1.75. The Morgan fingerprint density at radius 2 is 2.11 bits per heavy atom. The maximum Gasteiger partial charge on any atom is 0.220 e. The fourth-order valence-electron chi connectivity index (χ4n) is 1.60. The summed E-state index contributed by atoms with van der Waals surface area (Å²) in [4.78, 5) is 12.8. The van der Waals surface area contributed by atoms with Crippen molar-refractivity contribution >= 4 is 17.7 Å². The van der Waals surface area contributed by atoms with Gasteiger partial charge in [-0.2, -0.15) is 0 Å². The van der Waals surface area contributed by atoms with Gasteiger partial charge in [0.25, 0.3) is 0 Å². The smallest absolute Gasteiger partial charge is 0.220 e. The highest BCUT2D eigenvalue weighted by Crippen LogP contribution is 2.15. The van der Waals surface area contributed by atoms with Crippen LogP contribution in [-0.4, -0.2) is 24.7 Å². The second-order valence-corrected chi connectivity index (χ2v) is 5.39. The van der Waals surface area contributed by atoms with Crippen molar-refractivity contribution in [3.63, 3.8) is 0 Å². The van der Waals surface area contributed by atoms with Gasteiger partial charge in [-0.25, -0.2) is 0 Å². The predicted octanol–water partition coefficient (Wildman–Crippen LogP) is 2.27. The van der Waals surface area contributed by atoms with Crippen LogP contribution in [0.4, 0.5) is 0 Å². The molecule has 0 radical (unpaired) electrons. The molecule has 0 saturated heterocycles. The number of thioether (sulfide) groups is 1. The van der Waals surface area contributed by atoms with Gasteiger partial charge in [-0.3, -0.25) is 4.79 Å². The second kappa shape index (κ2) is 9.00. The Hall–Kier alpha value is -1.00. The van der Waals surface area contributed by atoms with Crippen LogP contribution >= 0.6 is 11.8 Å². The number of carbonyl (C=O) groups is 1. The third-order valence-corrected chi connectivity index (χ3v) is 3.83. The minimum atomic E-state index is 0.112. The Morgan fingerprint density at radius 1 is 1.39 bits per heavy atom. The van der Waals surface area contributed by atoms with E-state index >= 15 is 0 Å². The molecule has 0 aliphatic heterocycles. The van der Waals surface area contributed by atoms with Crippen LogP contribution in [0, 0.1) is 5.92 Å². The molecule has 1 atom stereocenters. The van der Waals surface area contributed by atoms with Crippen molar-refractivity contribution in [2.24, 2.45) is 11.7 Å². The van der Waals surface area contributed by atoms with Crippen molar-refractivity contribution in [2.45, 2.75) is 24.7 Å². The number of hydrogen-bond donors (Lipinski definition) is 2. The summed E-state index contributed by atoms with van der Waals surface area (Å²) in [5.74, 6) is 1.32. The maximum atomic E-state index is 11.6. The standard InChI is InChI=1S/C14H22N2OS/c1-2-12(11-15)10-14(17)16-8-9-18-13-6-4-3-5-7-13/h3-7,12H,2,8-11,15H2,1H3,(H,16,17). The molecule has 0 aliphatic rings. The average Bonchev–Trinajstić information content (AvgIpc) is 2.42. The van der Waals surface area contributed by atoms with E-state index in [4.69, 9.17) is 5.73 Å². The highest BCUT2D eigenvalue weighted by Gasteiger charge is 2.09. The Bertz CT molecular complexity index is 339. The SMILES string of the molecule is CCC(CN)CC(=O)NCCSc1ccccc1. The van der Waals surface area contributed by atoms with Crippen molar-refractivity contribution in [1.29, 1.82) is 0 Å². The predicted molar refractivity (Wildman–Crippen MR) is 77.6 cm³/mol. The van der Waals surface area contributed by atoms with Gasteiger partial charge >= 0.3 is 0 Å². The van der Waals surface area contributed by atoms with Gasteiger partial charge in [0.05, 0.1) is 0 Å². The highest BCUT2D eigenvalue weighted by atomic mass is 32.2. The van der Waals surface area contributed by atoms with Crippen molar-refractivity contribution < 1.29 is 4.79 Å². The van der Waals surface area contributed by atoms with Crippen molar-refractivity contribution in [2.75, 3.05) is 18.8 Å². The number of hydrogen-bond acceptors (Lipinski definition) is 3. The Labute approximate surface area is 114 Å². The first kappa shape index (κ1) is 15.1. The summed E-state index contributed by atoms with van der Waals surface area (Å²) < 4.78 is 0. The van der Waals surface area contributed by atoms with Crippen molar-refractivity contribution in [1.82, 2.24) is 5.32 Å². The van der Waals surface area contributed by atoms with Crippen LogP contribution in [0.15, 0.2) is 35.2 Å². The quantitative estimate of drug-likeness (QED) is 0.560. The normalized spacial score (nSPS) is 12.1. The molecule has 0 aromatic heterocycles. The molecule has 100 valence electrons. The van der Waals surface area contributed by atoms with Gasteiger partial charge in [-0.15, -0.1) is 11.8 Å². The minimum Gasteiger partial charge on any atom is -0.355 e. The Kier molecular flexibility index (Phi) is 7.53. The lowest BCUT2D eigenvalue weighted by Crippen LogP contribution is -2.29. The van der Waals surface area contributed by atoms with E-state index in [1.165, 1.54) is 4.90 Å². The molecular formula is C14H22N2OS.